The van der Waals surface area contributed by atoms with Crippen molar-refractivity contribution in [2.45, 2.75) is 38.6 Å². The molecule has 0 radical (unpaired) electrons. The van der Waals surface area contributed by atoms with Gasteiger partial charge in [-0.3, -0.25) is 4.79 Å². The van der Waals surface area contributed by atoms with Crippen molar-refractivity contribution in [3.05, 3.63) is 23.8 Å². The maximum atomic E-state index is 12.2. The average Bonchev–Trinajstić information content (AvgIpc) is 3.15. The lowest BCUT2D eigenvalue weighted by atomic mass is 9.86. The summed E-state index contributed by atoms with van der Waals surface area (Å²) in [5.41, 5.74) is 0.976. The number of rotatable bonds is 6. The Labute approximate surface area is 132 Å². The SMILES string of the molecule is COc1ccc(CNC(=O)CC2CC3CCC2C3)c(OC)c1. The summed E-state index contributed by atoms with van der Waals surface area (Å²) >= 11 is 0. The summed E-state index contributed by atoms with van der Waals surface area (Å²) in [5.74, 6) is 3.97. The van der Waals surface area contributed by atoms with Gasteiger partial charge in [0.15, 0.2) is 0 Å². The van der Waals surface area contributed by atoms with Crippen molar-refractivity contribution >= 4 is 5.91 Å². The van der Waals surface area contributed by atoms with Crippen molar-refractivity contribution in [2.75, 3.05) is 14.2 Å². The van der Waals surface area contributed by atoms with E-state index in [-0.39, 0.29) is 5.91 Å². The highest BCUT2D eigenvalue weighted by Gasteiger charge is 2.39. The van der Waals surface area contributed by atoms with Crippen LogP contribution in [0.4, 0.5) is 0 Å². The molecule has 0 aliphatic heterocycles. The van der Waals surface area contributed by atoms with E-state index in [1.165, 1.54) is 25.7 Å². The molecule has 0 aromatic heterocycles. The zero-order chi connectivity index (χ0) is 15.5. The van der Waals surface area contributed by atoms with E-state index < -0.39 is 0 Å². The van der Waals surface area contributed by atoms with Crippen LogP contribution >= 0.6 is 0 Å². The van der Waals surface area contributed by atoms with E-state index in [1.54, 1.807) is 14.2 Å². The molecule has 2 bridgehead atoms. The summed E-state index contributed by atoms with van der Waals surface area (Å²) in [5, 5.41) is 3.04. The summed E-state index contributed by atoms with van der Waals surface area (Å²) in [4.78, 5) is 12.2. The molecule has 4 heteroatoms. The number of benzene rings is 1. The van der Waals surface area contributed by atoms with Crippen LogP contribution in [0.1, 0.15) is 37.7 Å². The van der Waals surface area contributed by atoms with Gasteiger partial charge in [0.25, 0.3) is 0 Å². The fourth-order valence-electron chi connectivity index (χ4n) is 4.13. The number of hydrogen-bond acceptors (Lipinski definition) is 3. The zero-order valence-corrected chi connectivity index (χ0v) is 13.4. The fourth-order valence-corrected chi connectivity index (χ4v) is 4.13. The van der Waals surface area contributed by atoms with E-state index in [0.29, 0.717) is 18.9 Å². The third-order valence-corrected chi connectivity index (χ3v) is 5.30. The van der Waals surface area contributed by atoms with E-state index in [1.807, 2.05) is 18.2 Å². The van der Waals surface area contributed by atoms with Gasteiger partial charge in [0.1, 0.15) is 11.5 Å². The first-order chi connectivity index (χ1) is 10.7. The molecule has 2 saturated carbocycles. The number of methoxy groups -OCH3 is 2. The summed E-state index contributed by atoms with van der Waals surface area (Å²) in [6, 6.07) is 5.67. The second kappa shape index (κ2) is 6.59. The summed E-state index contributed by atoms with van der Waals surface area (Å²) in [6.45, 7) is 0.507. The zero-order valence-electron chi connectivity index (χ0n) is 13.4. The van der Waals surface area contributed by atoms with Gasteiger partial charge in [0.2, 0.25) is 5.91 Å². The molecule has 2 aliphatic rings. The van der Waals surface area contributed by atoms with E-state index in [9.17, 15) is 4.79 Å². The minimum absolute atomic E-state index is 0.162. The molecule has 1 aromatic carbocycles. The Balaban J connectivity index is 1.52. The Morgan fingerprint density at radius 2 is 2.09 bits per heavy atom. The molecule has 22 heavy (non-hydrogen) atoms. The maximum Gasteiger partial charge on any atom is 0.220 e. The van der Waals surface area contributed by atoms with E-state index >= 15 is 0 Å². The number of ether oxygens (including phenoxy) is 2. The Kier molecular flexibility index (Phi) is 4.55. The van der Waals surface area contributed by atoms with Gasteiger partial charge >= 0.3 is 0 Å². The predicted molar refractivity (Wildman–Crippen MR) is 84.9 cm³/mol. The quantitative estimate of drug-likeness (QED) is 0.878. The number of amides is 1. The lowest BCUT2D eigenvalue weighted by Gasteiger charge is -2.21. The lowest BCUT2D eigenvalue weighted by molar-refractivity contribution is -0.122. The monoisotopic (exact) mass is 303 g/mol. The third kappa shape index (κ3) is 3.21. The summed E-state index contributed by atoms with van der Waals surface area (Å²) in [7, 11) is 3.26. The molecular formula is C18H25NO3. The van der Waals surface area contributed by atoms with Gasteiger partial charge in [-0.1, -0.05) is 6.42 Å². The highest BCUT2D eigenvalue weighted by molar-refractivity contribution is 5.76. The topological polar surface area (TPSA) is 47.6 Å². The Morgan fingerprint density at radius 3 is 2.73 bits per heavy atom. The summed E-state index contributed by atoms with van der Waals surface area (Å²) < 4.78 is 10.5. The van der Waals surface area contributed by atoms with Crippen LogP contribution in [0.25, 0.3) is 0 Å². The van der Waals surface area contributed by atoms with Crippen molar-refractivity contribution < 1.29 is 14.3 Å². The molecule has 0 spiro atoms. The van der Waals surface area contributed by atoms with Crippen molar-refractivity contribution in [3.63, 3.8) is 0 Å². The van der Waals surface area contributed by atoms with Crippen LogP contribution < -0.4 is 14.8 Å². The highest BCUT2D eigenvalue weighted by atomic mass is 16.5. The first kappa shape index (κ1) is 15.2. The van der Waals surface area contributed by atoms with Gasteiger partial charge in [-0.15, -0.1) is 0 Å². The summed E-state index contributed by atoms with van der Waals surface area (Å²) in [6.07, 6.45) is 5.99. The Bertz CT molecular complexity index is 543. The number of fused-ring (bicyclic) bond motifs is 2. The van der Waals surface area contributed by atoms with Gasteiger partial charge in [-0.2, -0.15) is 0 Å². The molecule has 120 valence electrons. The van der Waals surface area contributed by atoms with Gasteiger partial charge in [-0.05, 0) is 49.1 Å². The van der Waals surface area contributed by atoms with Crippen LogP contribution in [0.3, 0.4) is 0 Å². The number of carbonyl (C=O) groups is 1. The molecule has 3 unspecified atom stereocenters. The molecule has 0 saturated heterocycles. The Hall–Kier alpha value is -1.71. The molecule has 3 rings (SSSR count). The second-order valence-corrected chi connectivity index (χ2v) is 6.59. The van der Waals surface area contributed by atoms with Crippen LogP contribution in [0.15, 0.2) is 18.2 Å². The molecule has 0 heterocycles. The molecule has 3 atom stereocenters. The van der Waals surface area contributed by atoms with Gasteiger partial charge in [-0.25, -0.2) is 0 Å². The normalized spacial score (nSPS) is 26.0. The third-order valence-electron chi connectivity index (χ3n) is 5.30. The van der Waals surface area contributed by atoms with Gasteiger partial charge < -0.3 is 14.8 Å². The Morgan fingerprint density at radius 1 is 1.23 bits per heavy atom. The molecule has 1 N–H and O–H groups in total. The molecule has 2 aliphatic carbocycles. The van der Waals surface area contributed by atoms with Crippen molar-refractivity contribution in [1.82, 2.24) is 5.32 Å². The number of carbonyl (C=O) groups excluding carboxylic acids is 1. The minimum atomic E-state index is 0.162. The molecule has 2 fully saturated rings. The molecule has 4 nitrogen and oxygen atoms in total. The van der Waals surface area contributed by atoms with Crippen molar-refractivity contribution in [3.8, 4) is 11.5 Å². The van der Waals surface area contributed by atoms with Crippen molar-refractivity contribution in [2.24, 2.45) is 17.8 Å². The van der Waals surface area contributed by atoms with Crippen LogP contribution in [-0.4, -0.2) is 20.1 Å². The standard InChI is InChI=1S/C18H25NO3/c1-21-16-6-5-14(17(10-16)22-2)11-19-18(20)9-15-8-12-3-4-13(15)7-12/h5-6,10,12-13,15H,3-4,7-9,11H2,1-2H3,(H,19,20). The number of nitrogens with one attached hydrogen (secondary N) is 1. The predicted octanol–water partition coefficient (Wildman–Crippen LogP) is 3.15. The number of hydrogen-bond donors (Lipinski definition) is 1. The van der Waals surface area contributed by atoms with E-state index in [4.69, 9.17) is 9.47 Å². The first-order valence-corrected chi connectivity index (χ1v) is 8.17. The maximum absolute atomic E-state index is 12.2. The van der Waals surface area contributed by atoms with Crippen LogP contribution in [-0.2, 0) is 11.3 Å². The molecule has 1 amide bonds. The minimum Gasteiger partial charge on any atom is -0.497 e. The van der Waals surface area contributed by atoms with Crippen LogP contribution in [0.2, 0.25) is 0 Å². The van der Waals surface area contributed by atoms with E-state index in [0.717, 1.165) is 28.9 Å². The lowest BCUT2D eigenvalue weighted by Crippen LogP contribution is -2.27. The van der Waals surface area contributed by atoms with Crippen LogP contribution in [0.5, 0.6) is 11.5 Å². The molecule has 1 aromatic rings. The highest BCUT2D eigenvalue weighted by Crippen LogP contribution is 2.49. The first-order valence-electron chi connectivity index (χ1n) is 8.17. The average molecular weight is 303 g/mol. The van der Waals surface area contributed by atoms with Crippen molar-refractivity contribution in [1.29, 1.82) is 0 Å². The fraction of sp³-hybridized carbons (Fsp3) is 0.611. The van der Waals surface area contributed by atoms with Crippen LogP contribution in [0, 0.1) is 17.8 Å². The molecular weight excluding hydrogens is 278 g/mol. The second-order valence-electron chi connectivity index (χ2n) is 6.59. The largest absolute Gasteiger partial charge is 0.497 e. The van der Waals surface area contributed by atoms with E-state index in [2.05, 4.69) is 5.32 Å². The smallest absolute Gasteiger partial charge is 0.220 e. The van der Waals surface area contributed by atoms with Gasteiger partial charge in [0.05, 0.1) is 14.2 Å². The van der Waals surface area contributed by atoms with Gasteiger partial charge in [0, 0.05) is 24.6 Å².